The lowest BCUT2D eigenvalue weighted by molar-refractivity contribution is -0.138. The van der Waals surface area contributed by atoms with Gasteiger partial charge in [-0.05, 0) is 18.1 Å². The molecule has 0 spiro atoms. The van der Waals surface area contributed by atoms with Crippen LogP contribution in [0.15, 0.2) is 54.6 Å². The van der Waals surface area contributed by atoms with E-state index >= 15 is 0 Å². The summed E-state index contributed by atoms with van der Waals surface area (Å²) in [5.74, 6) is -0.188. The van der Waals surface area contributed by atoms with Crippen LogP contribution < -0.4 is 10.2 Å². The van der Waals surface area contributed by atoms with E-state index in [9.17, 15) is 14.7 Å². The van der Waals surface area contributed by atoms with Crippen LogP contribution in [0.25, 0.3) is 11.1 Å². The van der Waals surface area contributed by atoms with E-state index in [1.165, 1.54) is 0 Å². The molecule has 6 heteroatoms. The van der Waals surface area contributed by atoms with Crippen LogP contribution in [0.3, 0.4) is 0 Å². The fourth-order valence-electron chi connectivity index (χ4n) is 3.81. The van der Waals surface area contributed by atoms with Gasteiger partial charge in [0.05, 0.1) is 17.8 Å². The zero-order valence-corrected chi connectivity index (χ0v) is 15.0. The van der Waals surface area contributed by atoms with Gasteiger partial charge in [0.25, 0.3) is 0 Å². The van der Waals surface area contributed by atoms with Gasteiger partial charge in [0.1, 0.15) is 6.54 Å². The Morgan fingerprint density at radius 1 is 1.04 bits per heavy atom. The van der Waals surface area contributed by atoms with Crippen LogP contribution in [-0.4, -0.2) is 60.1 Å². The smallest absolute Gasteiger partial charge is 0.246 e. The molecule has 2 aromatic rings. The van der Waals surface area contributed by atoms with E-state index in [1.54, 1.807) is 9.80 Å². The third-order valence-electron chi connectivity index (χ3n) is 5.22. The van der Waals surface area contributed by atoms with Crippen molar-refractivity contribution in [2.45, 2.75) is 18.6 Å². The third-order valence-corrected chi connectivity index (χ3v) is 5.22. The van der Waals surface area contributed by atoms with Gasteiger partial charge < -0.3 is 20.2 Å². The highest BCUT2D eigenvalue weighted by Crippen LogP contribution is 2.31. The van der Waals surface area contributed by atoms with Gasteiger partial charge in [-0.15, -0.1) is 0 Å². The van der Waals surface area contributed by atoms with E-state index in [1.807, 2.05) is 54.6 Å². The Kier molecular flexibility index (Phi) is 4.92. The Labute approximate surface area is 158 Å². The number of β-amino-alcohol motifs (C(OH)–C–C–N with tert-alkyl or cyclic N) is 1. The molecule has 2 N–H and O–H groups in total. The number of aliphatic hydroxyl groups excluding tert-OH is 1. The second-order valence-corrected chi connectivity index (χ2v) is 7.04. The van der Waals surface area contributed by atoms with Crippen molar-refractivity contribution in [3.05, 3.63) is 54.6 Å². The summed E-state index contributed by atoms with van der Waals surface area (Å²) in [5.41, 5.74) is 2.94. The van der Waals surface area contributed by atoms with Gasteiger partial charge in [-0.25, -0.2) is 0 Å². The van der Waals surface area contributed by atoms with Gasteiger partial charge in [-0.2, -0.15) is 0 Å². The van der Waals surface area contributed by atoms with Crippen LogP contribution in [0, 0.1) is 0 Å². The Hall–Kier alpha value is -2.70. The summed E-state index contributed by atoms with van der Waals surface area (Å²) in [6, 6.07) is 17.4. The number of hydrogen-bond acceptors (Lipinski definition) is 4. The fourth-order valence-corrected chi connectivity index (χ4v) is 3.81. The first-order valence-electron chi connectivity index (χ1n) is 9.28. The molecule has 0 unspecified atom stereocenters. The number of nitrogens with zero attached hydrogens (tertiary/aromatic N) is 2. The zero-order valence-electron chi connectivity index (χ0n) is 15.0. The van der Waals surface area contributed by atoms with E-state index in [4.69, 9.17) is 0 Å². The molecule has 2 aliphatic rings. The number of anilines is 1. The van der Waals surface area contributed by atoms with Gasteiger partial charge in [-0.1, -0.05) is 48.5 Å². The van der Waals surface area contributed by atoms with Crippen molar-refractivity contribution >= 4 is 17.5 Å². The standard InChI is InChI=1S/C21H23N3O3/c25-16-12-18(22-13-16)21(27)23-10-11-24(20(26)14-23)19-9-5-4-8-17(19)15-6-2-1-3-7-15/h1-9,16,18,22,25H,10-14H2/t16-,18+/m1/s1. The van der Waals surface area contributed by atoms with E-state index < -0.39 is 12.1 Å². The molecule has 2 aliphatic heterocycles. The average molecular weight is 365 g/mol. The molecule has 0 saturated carbocycles. The molecule has 2 atom stereocenters. The highest BCUT2D eigenvalue weighted by atomic mass is 16.3. The lowest BCUT2D eigenvalue weighted by Crippen LogP contribution is -2.55. The van der Waals surface area contributed by atoms with Gasteiger partial charge in [-0.3, -0.25) is 9.59 Å². The number of piperazine rings is 1. The van der Waals surface area contributed by atoms with Crippen molar-refractivity contribution in [2.75, 3.05) is 31.1 Å². The van der Waals surface area contributed by atoms with Crippen LogP contribution in [0.5, 0.6) is 0 Å². The van der Waals surface area contributed by atoms with Crippen LogP contribution in [0.4, 0.5) is 5.69 Å². The third kappa shape index (κ3) is 3.59. The molecule has 4 rings (SSSR count). The number of para-hydroxylation sites is 1. The predicted octanol–water partition coefficient (Wildman–Crippen LogP) is 1.25. The molecule has 0 bridgehead atoms. The maximum Gasteiger partial charge on any atom is 0.246 e. The number of benzene rings is 2. The molecule has 0 aliphatic carbocycles. The quantitative estimate of drug-likeness (QED) is 0.859. The van der Waals surface area contributed by atoms with E-state index in [2.05, 4.69) is 5.32 Å². The summed E-state index contributed by atoms with van der Waals surface area (Å²) < 4.78 is 0. The summed E-state index contributed by atoms with van der Waals surface area (Å²) in [6.07, 6.45) is -0.0851. The average Bonchev–Trinajstić information content (AvgIpc) is 3.14. The number of rotatable bonds is 3. The van der Waals surface area contributed by atoms with Crippen molar-refractivity contribution in [1.29, 1.82) is 0 Å². The molecule has 140 valence electrons. The maximum atomic E-state index is 12.8. The molecule has 2 fully saturated rings. The van der Waals surface area contributed by atoms with Gasteiger partial charge in [0.2, 0.25) is 11.8 Å². The van der Waals surface area contributed by atoms with Crippen LogP contribution in [0.2, 0.25) is 0 Å². The number of nitrogens with one attached hydrogen (secondary N) is 1. The zero-order chi connectivity index (χ0) is 18.8. The molecular weight excluding hydrogens is 342 g/mol. The lowest BCUT2D eigenvalue weighted by Gasteiger charge is -2.36. The van der Waals surface area contributed by atoms with Crippen molar-refractivity contribution in [3.8, 4) is 11.1 Å². The molecular formula is C21H23N3O3. The van der Waals surface area contributed by atoms with Crippen molar-refractivity contribution in [3.63, 3.8) is 0 Å². The number of amides is 2. The first kappa shape index (κ1) is 17.7. The number of carbonyl (C=O) groups is 2. The molecule has 2 saturated heterocycles. The Morgan fingerprint density at radius 2 is 1.78 bits per heavy atom. The SMILES string of the molecule is O=C([C@@H]1C[C@@H](O)CN1)N1CCN(c2ccccc2-c2ccccc2)C(=O)C1. The summed E-state index contributed by atoms with van der Waals surface area (Å²) in [6.45, 7) is 1.44. The first-order valence-corrected chi connectivity index (χ1v) is 9.28. The highest BCUT2D eigenvalue weighted by Gasteiger charge is 2.35. The number of aliphatic hydroxyl groups is 1. The minimum Gasteiger partial charge on any atom is -0.392 e. The Balaban J connectivity index is 1.51. The van der Waals surface area contributed by atoms with E-state index in [0.29, 0.717) is 26.1 Å². The molecule has 27 heavy (non-hydrogen) atoms. The number of carbonyl (C=O) groups excluding carboxylic acids is 2. The summed E-state index contributed by atoms with van der Waals surface area (Å²) in [4.78, 5) is 28.8. The van der Waals surface area contributed by atoms with Crippen LogP contribution >= 0.6 is 0 Å². The second kappa shape index (κ2) is 7.50. The minimum atomic E-state index is -0.492. The molecule has 2 aromatic carbocycles. The highest BCUT2D eigenvalue weighted by molar-refractivity contribution is 6.01. The Morgan fingerprint density at radius 3 is 2.48 bits per heavy atom. The molecule has 0 radical (unpaired) electrons. The van der Waals surface area contributed by atoms with E-state index in [0.717, 1.165) is 16.8 Å². The largest absolute Gasteiger partial charge is 0.392 e. The predicted molar refractivity (Wildman–Crippen MR) is 103 cm³/mol. The summed E-state index contributed by atoms with van der Waals surface area (Å²) in [7, 11) is 0. The fraction of sp³-hybridized carbons (Fsp3) is 0.333. The molecule has 6 nitrogen and oxygen atoms in total. The van der Waals surface area contributed by atoms with Gasteiger partial charge in [0.15, 0.2) is 0 Å². The first-order chi connectivity index (χ1) is 13.1. The molecule has 2 heterocycles. The van der Waals surface area contributed by atoms with Crippen molar-refractivity contribution in [2.24, 2.45) is 0 Å². The summed E-state index contributed by atoms with van der Waals surface area (Å²) in [5, 5.41) is 12.6. The molecule has 0 aromatic heterocycles. The van der Waals surface area contributed by atoms with E-state index in [-0.39, 0.29) is 18.4 Å². The topological polar surface area (TPSA) is 72.9 Å². The lowest BCUT2D eigenvalue weighted by atomic mass is 10.0. The van der Waals surface area contributed by atoms with Crippen molar-refractivity contribution in [1.82, 2.24) is 10.2 Å². The monoisotopic (exact) mass is 365 g/mol. The van der Waals surface area contributed by atoms with Crippen LogP contribution in [0.1, 0.15) is 6.42 Å². The van der Waals surface area contributed by atoms with Gasteiger partial charge in [0, 0.05) is 25.2 Å². The van der Waals surface area contributed by atoms with Crippen molar-refractivity contribution < 1.29 is 14.7 Å². The maximum absolute atomic E-state index is 12.8. The normalized spacial score (nSPS) is 22.9. The van der Waals surface area contributed by atoms with Gasteiger partial charge >= 0.3 is 0 Å². The second-order valence-electron chi connectivity index (χ2n) is 7.04. The summed E-state index contributed by atoms with van der Waals surface area (Å²) >= 11 is 0. The number of hydrogen-bond donors (Lipinski definition) is 2. The van der Waals surface area contributed by atoms with Crippen LogP contribution in [-0.2, 0) is 9.59 Å². The minimum absolute atomic E-state index is 0.0657. The Bertz CT molecular complexity index is 840. The molecule has 2 amide bonds.